The molecular weight excluding hydrogens is 506 g/mol. The van der Waals surface area contributed by atoms with Crippen LogP contribution < -0.4 is 15.5 Å². The Labute approximate surface area is 242 Å². The largest absolute Gasteiger partial charge is 0.388 e. The van der Waals surface area contributed by atoms with Crippen molar-refractivity contribution in [3.63, 3.8) is 0 Å². The Balaban J connectivity index is 0.000000166. The summed E-state index contributed by atoms with van der Waals surface area (Å²) in [6, 6.07) is 25.4. The van der Waals surface area contributed by atoms with E-state index in [1.54, 1.807) is 0 Å². The quantitative estimate of drug-likeness (QED) is 0.207. The van der Waals surface area contributed by atoms with Crippen LogP contribution in [-0.4, -0.2) is 46.0 Å². The molecule has 0 fully saturated rings. The predicted molar refractivity (Wildman–Crippen MR) is 173 cm³/mol. The van der Waals surface area contributed by atoms with Gasteiger partial charge in [-0.1, -0.05) is 43.3 Å². The Bertz CT molecular complexity index is 1710. The summed E-state index contributed by atoms with van der Waals surface area (Å²) in [5, 5.41) is 6.27. The zero-order valence-corrected chi connectivity index (χ0v) is 24.6. The molecule has 0 aliphatic rings. The molecule has 0 spiro atoms. The molecule has 0 saturated heterocycles. The number of fused-ring (bicyclic) bond motifs is 2. The maximum atomic E-state index is 4.72. The number of imidazole rings is 2. The molecular formula is C34H39N7. The second-order valence-electron chi connectivity index (χ2n) is 9.88. The zero-order valence-electron chi connectivity index (χ0n) is 24.6. The van der Waals surface area contributed by atoms with Crippen molar-refractivity contribution >= 4 is 28.4 Å². The molecule has 4 aromatic heterocycles. The van der Waals surface area contributed by atoms with Crippen LogP contribution in [0.3, 0.4) is 0 Å². The van der Waals surface area contributed by atoms with Crippen molar-refractivity contribution < 1.29 is 0 Å². The predicted octanol–water partition coefficient (Wildman–Crippen LogP) is 7.49. The molecule has 7 nitrogen and oxygen atoms in total. The summed E-state index contributed by atoms with van der Waals surface area (Å²) in [6.07, 6.45) is 9.26. The van der Waals surface area contributed by atoms with Gasteiger partial charge < -0.3 is 24.3 Å². The summed E-state index contributed by atoms with van der Waals surface area (Å²) in [5.41, 5.74) is 11.0. The van der Waals surface area contributed by atoms with Crippen molar-refractivity contribution in [1.82, 2.24) is 18.8 Å². The molecule has 6 rings (SSSR count). The van der Waals surface area contributed by atoms with Crippen molar-refractivity contribution in [3.05, 3.63) is 103 Å². The van der Waals surface area contributed by atoms with Gasteiger partial charge in [-0.05, 0) is 50.1 Å². The topological polar surface area (TPSA) is 61.9 Å². The van der Waals surface area contributed by atoms with Crippen LogP contribution in [0.4, 0.5) is 17.1 Å². The second-order valence-corrected chi connectivity index (χ2v) is 9.88. The zero-order chi connectivity index (χ0) is 28.8. The molecule has 0 bridgehead atoms. The lowest BCUT2D eigenvalue weighted by molar-refractivity contribution is 0.866. The molecule has 0 atom stereocenters. The van der Waals surface area contributed by atoms with Crippen LogP contribution >= 0.6 is 0 Å². The highest BCUT2D eigenvalue weighted by atomic mass is 15.1. The fourth-order valence-electron chi connectivity index (χ4n) is 4.90. The summed E-state index contributed by atoms with van der Waals surface area (Å²) >= 11 is 0. The number of aryl methyl sites for hydroxylation is 1. The SMILES string of the molecule is CCN(CC)c1ccc(-c2cn3ccc(NC)cc3n2)cc1.CCc1ccc(-c2cn3ccc(NC)cc3n2)cc1. The molecule has 2 aromatic carbocycles. The fraction of sp³-hybridized carbons (Fsp3) is 0.235. The molecule has 210 valence electrons. The van der Waals surface area contributed by atoms with E-state index < -0.39 is 0 Å². The van der Waals surface area contributed by atoms with Gasteiger partial charge in [0.25, 0.3) is 0 Å². The number of aromatic nitrogens is 4. The minimum absolute atomic E-state index is 0.953. The highest BCUT2D eigenvalue weighted by Crippen LogP contribution is 2.24. The minimum atomic E-state index is 0.953. The van der Waals surface area contributed by atoms with Crippen molar-refractivity contribution in [2.24, 2.45) is 0 Å². The summed E-state index contributed by atoms with van der Waals surface area (Å²) in [7, 11) is 3.83. The monoisotopic (exact) mass is 545 g/mol. The van der Waals surface area contributed by atoms with Gasteiger partial charge in [0.2, 0.25) is 0 Å². The number of hydrogen-bond donors (Lipinski definition) is 2. The van der Waals surface area contributed by atoms with Gasteiger partial charge in [0.05, 0.1) is 11.4 Å². The van der Waals surface area contributed by atoms with Gasteiger partial charge in [0, 0.05) is 92.3 Å². The van der Waals surface area contributed by atoms with E-state index in [0.29, 0.717) is 0 Å². The maximum absolute atomic E-state index is 4.72. The lowest BCUT2D eigenvalue weighted by Gasteiger charge is -2.20. The Morgan fingerprint density at radius 1 is 0.634 bits per heavy atom. The third kappa shape index (κ3) is 6.19. The van der Waals surface area contributed by atoms with Crippen LogP contribution in [0, 0.1) is 0 Å². The molecule has 0 aliphatic heterocycles. The molecule has 6 aromatic rings. The third-order valence-electron chi connectivity index (χ3n) is 7.45. The van der Waals surface area contributed by atoms with Crippen LogP contribution in [0.1, 0.15) is 26.3 Å². The van der Waals surface area contributed by atoms with E-state index in [9.17, 15) is 0 Å². The molecule has 41 heavy (non-hydrogen) atoms. The molecule has 7 heteroatoms. The number of anilines is 3. The second kappa shape index (κ2) is 12.6. The van der Waals surface area contributed by atoms with E-state index in [4.69, 9.17) is 4.98 Å². The van der Waals surface area contributed by atoms with Crippen LogP contribution in [-0.2, 0) is 6.42 Å². The molecule has 0 saturated carbocycles. The lowest BCUT2D eigenvalue weighted by Crippen LogP contribution is -2.21. The van der Waals surface area contributed by atoms with Gasteiger partial charge in [-0.3, -0.25) is 0 Å². The number of nitrogens with zero attached hydrogens (tertiary/aromatic N) is 5. The summed E-state index contributed by atoms with van der Waals surface area (Å²) < 4.78 is 4.10. The Morgan fingerprint density at radius 2 is 1.10 bits per heavy atom. The standard InChI is InChI=1S/C18H22N4.C16H17N3/c1-4-21(5-2)16-8-6-14(7-9-16)17-13-22-11-10-15(19-3)12-18(22)20-17;1-3-12-4-6-13(7-5-12)15-11-19-9-8-14(17-2)10-16(19)18-15/h6-13,19H,4-5H2,1-3H3;4-11,17H,3H2,1-2H3. The average molecular weight is 546 g/mol. The van der Waals surface area contributed by atoms with E-state index in [1.165, 1.54) is 11.3 Å². The van der Waals surface area contributed by atoms with Crippen LogP contribution in [0.25, 0.3) is 33.8 Å². The number of pyridine rings is 2. The lowest BCUT2D eigenvalue weighted by atomic mass is 10.1. The van der Waals surface area contributed by atoms with Crippen molar-refractivity contribution in [1.29, 1.82) is 0 Å². The molecule has 2 N–H and O–H groups in total. The van der Waals surface area contributed by atoms with Gasteiger partial charge >= 0.3 is 0 Å². The van der Waals surface area contributed by atoms with Gasteiger partial charge in [0.1, 0.15) is 11.3 Å². The minimum Gasteiger partial charge on any atom is -0.388 e. The Kier molecular flexibility index (Phi) is 8.53. The van der Waals surface area contributed by atoms with Gasteiger partial charge in [-0.15, -0.1) is 0 Å². The summed E-state index contributed by atoms with van der Waals surface area (Å²) in [5.74, 6) is 0. The first kappa shape index (κ1) is 27.8. The fourth-order valence-corrected chi connectivity index (χ4v) is 4.90. The van der Waals surface area contributed by atoms with E-state index in [2.05, 4.69) is 107 Å². The first-order valence-electron chi connectivity index (χ1n) is 14.3. The first-order valence-corrected chi connectivity index (χ1v) is 14.3. The van der Waals surface area contributed by atoms with Crippen LogP contribution in [0.5, 0.6) is 0 Å². The van der Waals surface area contributed by atoms with Crippen LogP contribution in [0.15, 0.2) is 97.6 Å². The molecule has 0 aliphatic carbocycles. The highest BCUT2D eigenvalue weighted by molar-refractivity contribution is 5.67. The van der Waals surface area contributed by atoms with E-state index >= 15 is 0 Å². The molecule has 0 amide bonds. The summed E-state index contributed by atoms with van der Waals surface area (Å²) in [4.78, 5) is 11.7. The molecule has 4 heterocycles. The van der Waals surface area contributed by atoms with Crippen LogP contribution in [0.2, 0.25) is 0 Å². The van der Waals surface area contributed by atoms with Crippen molar-refractivity contribution in [2.75, 3.05) is 42.7 Å². The average Bonchev–Trinajstić information content (AvgIpc) is 3.66. The smallest absolute Gasteiger partial charge is 0.139 e. The Hall–Kier alpha value is -4.78. The molecule has 0 radical (unpaired) electrons. The molecule has 0 unspecified atom stereocenters. The number of benzene rings is 2. The van der Waals surface area contributed by atoms with E-state index in [1.807, 2.05) is 55.2 Å². The highest BCUT2D eigenvalue weighted by Gasteiger charge is 2.07. The van der Waals surface area contributed by atoms with Gasteiger partial charge in [-0.25, -0.2) is 9.97 Å². The Morgan fingerprint density at radius 3 is 1.51 bits per heavy atom. The normalized spacial score (nSPS) is 10.9. The van der Waals surface area contributed by atoms with Gasteiger partial charge in [-0.2, -0.15) is 0 Å². The number of nitrogens with one attached hydrogen (secondary N) is 2. The number of rotatable bonds is 8. The van der Waals surface area contributed by atoms with E-state index in [0.717, 1.165) is 64.7 Å². The first-order chi connectivity index (χ1) is 20.0. The van der Waals surface area contributed by atoms with Gasteiger partial charge in [0.15, 0.2) is 0 Å². The number of hydrogen-bond acceptors (Lipinski definition) is 5. The maximum Gasteiger partial charge on any atom is 0.139 e. The summed E-state index contributed by atoms with van der Waals surface area (Å²) in [6.45, 7) is 8.57. The van der Waals surface area contributed by atoms with Crippen molar-refractivity contribution in [3.8, 4) is 22.5 Å². The van der Waals surface area contributed by atoms with E-state index in [-0.39, 0.29) is 0 Å². The third-order valence-corrected chi connectivity index (χ3v) is 7.45. The van der Waals surface area contributed by atoms with Crippen molar-refractivity contribution in [2.45, 2.75) is 27.2 Å².